The first-order chi connectivity index (χ1) is 10.6. The zero-order chi connectivity index (χ0) is 15.9. The number of benzene rings is 1. The van der Waals surface area contributed by atoms with Gasteiger partial charge in [0.05, 0.1) is 26.7 Å². The highest BCUT2D eigenvalue weighted by molar-refractivity contribution is 5.79. The monoisotopic (exact) mass is 300 g/mol. The van der Waals surface area contributed by atoms with Crippen LogP contribution in [0.25, 0.3) is 0 Å². The number of hydrogen-bond acceptors (Lipinski definition) is 4. The molecular formula is C17H20N2O3. The predicted octanol–water partition coefficient (Wildman–Crippen LogP) is 2.52. The Hall–Kier alpha value is -2.56. The van der Waals surface area contributed by atoms with Crippen molar-refractivity contribution >= 4 is 5.91 Å². The second-order valence-corrected chi connectivity index (χ2v) is 4.92. The van der Waals surface area contributed by atoms with E-state index in [0.29, 0.717) is 11.5 Å². The fraction of sp³-hybridized carbons (Fsp3) is 0.294. The van der Waals surface area contributed by atoms with E-state index >= 15 is 0 Å². The molecule has 0 spiro atoms. The van der Waals surface area contributed by atoms with E-state index in [1.165, 1.54) is 0 Å². The zero-order valence-electron chi connectivity index (χ0n) is 13.0. The van der Waals surface area contributed by atoms with Crippen LogP contribution >= 0.6 is 0 Å². The molecule has 22 heavy (non-hydrogen) atoms. The molecule has 0 aliphatic rings. The summed E-state index contributed by atoms with van der Waals surface area (Å²) in [6.07, 6.45) is 3.68. The van der Waals surface area contributed by atoms with E-state index in [9.17, 15) is 4.79 Å². The van der Waals surface area contributed by atoms with E-state index < -0.39 is 0 Å². The molecule has 2 aromatic rings. The molecule has 1 N–H and O–H groups in total. The summed E-state index contributed by atoms with van der Waals surface area (Å²) < 4.78 is 10.5. The van der Waals surface area contributed by atoms with E-state index in [4.69, 9.17) is 9.47 Å². The highest BCUT2D eigenvalue weighted by atomic mass is 16.5. The number of amides is 1. The number of nitrogens with zero attached hydrogens (tertiary/aromatic N) is 1. The molecule has 1 heterocycles. The van der Waals surface area contributed by atoms with Crippen LogP contribution in [-0.4, -0.2) is 25.1 Å². The highest BCUT2D eigenvalue weighted by Crippen LogP contribution is 2.25. The number of nitrogens with one attached hydrogen (secondary N) is 1. The van der Waals surface area contributed by atoms with Gasteiger partial charge in [-0.1, -0.05) is 6.07 Å². The van der Waals surface area contributed by atoms with Gasteiger partial charge in [-0.25, -0.2) is 0 Å². The topological polar surface area (TPSA) is 60.5 Å². The molecule has 0 saturated heterocycles. The Balaban J connectivity index is 2.03. The minimum Gasteiger partial charge on any atom is -0.497 e. The van der Waals surface area contributed by atoms with Crippen molar-refractivity contribution in [3.8, 4) is 11.5 Å². The molecule has 0 saturated carbocycles. The summed E-state index contributed by atoms with van der Waals surface area (Å²) in [5, 5.41) is 2.97. The third-order valence-corrected chi connectivity index (χ3v) is 3.43. The van der Waals surface area contributed by atoms with E-state index in [-0.39, 0.29) is 18.4 Å². The quantitative estimate of drug-likeness (QED) is 0.890. The largest absolute Gasteiger partial charge is 0.497 e. The molecule has 0 fully saturated rings. The number of carbonyl (C=O) groups is 1. The summed E-state index contributed by atoms with van der Waals surface area (Å²) in [4.78, 5) is 16.2. The number of hydrogen-bond donors (Lipinski definition) is 1. The van der Waals surface area contributed by atoms with Gasteiger partial charge in [0.1, 0.15) is 11.5 Å². The standard InChI is InChI=1S/C17H20N2O3/c1-12(13-6-8-18-9-7-13)19-17(20)10-14-4-5-15(21-2)11-16(14)22-3/h4-9,11-12H,10H2,1-3H3,(H,19,20)/t12-/m1/s1. The van der Waals surface area contributed by atoms with Gasteiger partial charge in [-0.05, 0) is 30.7 Å². The Morgan fingerprint density at radius 3 is 2.55 bits per heavy atom. The Kier molecular flexibility index (Phi) is 5.36. The van der Waals surface area contributed by atoms with E-state index in [0.717, 1.165) is 11.1 Å². The Bertz CT molecular complexity index is 629. The van der Waals surface area contributed by atoms with Crippen molar-refractivity contribution < 1.29 is 14.3 Å². The maximum absolute atomic E-state index is 12.2. The van der Waals surface area contributed by atoms with Gasteiger partial charge < -0.3 is 14.8 Å². The van der Waals surface area contributed by atoms with Crippen LogP contribution in [0.5, 0.6) is 11.5 Å². The minimum absolute atomic E-state index is 0.0622. The first-order valence-corrected chi connectivity index (χ1v) is 7.04. The molecule has 0 aliphatic heterocycles. The van der Waals surface area contributed by atoms with Gasteiger partial charge in [-0.15, -0.1) is 0 Å². The fourth-order valence-corrected chi connectivity index (χ4v) is 2.20. The summed E-state index contributed by atoms with van der Waals surface area (Å²) in [5.74, 6) is 1.28. The molecule has 0 unspecified atom stereocenters. The van der Waals surface area contributed by atoms with Crippen molar-refractivity contribution in [3.05, 3.63) is 53.9 Å². The first kappa shape index (κ1) is 15.8. The lowest BCUT2D eigenvalue weighted by molar-refractivity contribution is -0.121. The van der Waals surface area contributed by atoms with Gasteiger partial charge in [-0.2, -0.15) is 0 Å². The smallest absolute Gasteiger partial charge is 0.225 e. The van der Waals surface area contributed by atoms with Crippen LogP contribution in [0.15, 0.2) is 42.7 Å². The van der Waals surface area contributed by atoms with E-state index in [1.54, 1.807) is 32.7 Å². The molecule has 0 aliphatic carbocycles. The van der Waals surface area contributed by atoms with Crippen LogP contribution in [-0.2, 0) is 11.2 Å². The highest BCUT2D eigenvalue weighted by Gasteiger charge is 2.13. The van der Waals surface area contributed by atoms with Crippen molar-refractivity contribution in [1.29, 1.82) is 0 Å². The van der Waals surface area contributed by atoms with Crippen LogP contribution in [0, 0.1) is 0 Å². The van der Waals surface area contributed by atoms with Crippen LogP contribution in [0.3, 0.4) is 0 Å². The van der Waals surface area contributed by atoms with Gasteiger partial charge in [0.25, 0.3) is 0 Å². The van der Waals surface area contributed by atoms with E-state index in [2.05, 4.69) is 10.3 Å². The number of pyridine rings is 1. The number of aromatic nitrogens is 1. The van der Waals surface area contributed by atoms with Crippen molar-refractivity contribution in [1.82, 2.24) is 10.3 Å². The van der Waals surface area contributed by atoms with Crippen molar-refractivity contribution in [2.75, 3.05) is 14.2 Å². The molecule has 2 rings (SSSR count). The van der Waals surface area contributed by atoms with Crippen LogP contribution in [0.2, 0.25) is 0 Å². The maximum atomic E-state index is 12.2. The normalized spacial score (nSPS) is 11.6. The summed E-state index contributed by atoms with van der Waals surface area (Å²) in [6.45, 7) is 1.94. The molecule has 1 atom stereocenters. The number of rotatable bonds is 6. The van der Waals surface area contributed by atoms with Gasteiger partial charge in [0.15, 0.2) is 0 Å². The second-order valence-electron chi connectivity index (χ2n) is 4.92. The average Bonchev–Trinajstić information content (AvgIpc) is 2.55. The van der Waals surface area contributed by atoms with Gasteiger partial charge >= 0.3 is 0 Å². The Morgan fingerprint density at radius 1 is 1.18 bits per heavy atom. The third-order valence-electron chi connectivity index (χ3n) is 3.43. The van der Waals surface area contributed by atoms with Crippen molar-refractivity contribution in [2.45, 2.75) is 19.4 Å². The van der Waals surface area contributed by atoms with Crippen molar-refractivity contribution in [3.63, 3.8) is 0 Å². The van der Waals surface area contributed by atoms with E-state index in [1.807, 2.05) is 31.2 Å². The Labute approximate surface area is 130 Å². The summed E-state index contributed by atoms with van der Waals surface area (Å²) in [6, 6.07) is 9.14. The van der Waals surface area contributed by atoms with Crippen LogP contribution in [0.1, 0.15) is 24.1 Å². The second kappa shape index (κ2) is 7.45. The molecule has 5 heteroatoms. The predicted molar refractivity (Wildman–Crippen MR) is 84.0 cm³/mol. The van der Waals surface area contributed by atoms with Crippen LogP contribution < -0.4 is 14.8 Å². The minimum atomic E-state index is -0.0697. The average molecular weight is 300 g/mol. The lowest BCUT2D eigenvalue weighted by atomic mass is 10.1. The molecule has 1 amide bonds. The number of methoxy groups -OCH3 is 2. The lowest BCUT2D eigenvalue weighted by Crippen LogP contribution is -2.28. The third kappa shape index (κ3) is 3.97. The molecular weight excluding hydrogens is 280 g/mol. The molecule has 0 bridgehead atoms. The number of carbonyl (C=O) groups excluding carboxylic acids is 1. The summed E-state index contributed by atoms with van der Waals surface area (Å²) in [7, 11) is 3.17. The Morgan fingerprint density at radius 2 is 1.91 bits per heavy atom. The molecule has 5 nitrogen and oxygen atoms in total. The van der Waals surface area contributed by atoms with Gasteiger partial charge in [-0.3, -0.25) is 9.78 Å². The maximum Gasteiger partial charge on any atom is 0.225 e. The SMILES string of the molecule is COc1ccc(CC(=O)N[C@H](C)c2ccncc2)c(OC)c1. The lowest BCUT2D eigenvalue weighted by Gasteiger charge is -2.15. The summed E-state index contributed by atoms with van der Waals surface area (Å²) >= 11 is 0. The first-order valence-electron chi connectivity index (χ1n) is 7.04. The fourth-order valence-electron chi connectivity index (χ4n) is 2.20. The molecule has 116 valence electrons. The zero-order valence-corrected chi connectivity index (χ0v) is 13.0. The van der Waals surface area contributed by atoms with Crippen LogP contribution in [0.4, 0.5) is 0 Å². The molecule has 1 aromatic heterocycles. The van der Waals surface area contributed by atoms with Gasteiger partial charge in [0.2, 0.25) is 5.91 Å². The molecule has 0 radical (unpaired) electrons. The van der Waals surface area contributed by atoms with Crippen molar-refractivity contribution in [2.24, 2.45) is 0 Å². The van der Waals surface area contributed by atoms with Gasteiger partial charge in [0, 0.05) is 24.0 Å². The number of ether oxygens (including phenoxy) is 2. The summed E-state index contributed by atoms with van der Waals surface area (Å²) in [5.41, 5.74) is 1.84. The molecule has 1 aromatic carbocycles.